The summed E-state index contributed by atoms with van der Waals surface area (Å²) in [6.45, 7) is 0. The van der Waals surface area contributed by atoms with Crippen LogP contribution >= 0.6 is 22.9 Å². The van der Waals surface area contributed by atoms with Crippen molar-refractivity contribution in [1.82, 2.24) is 0 Å². The largest absolute Gasteiger partial charge is 0.300 e. The van der Waals surface area contributed by atoms with E-state index in [0.29, 0.717) is 11.7 Å². The summed E-state index contributed by atoms with van der Waals surface area (Å²) in [5.41, 5.74) is 0. The molecule has 0 radical (unpaired) electrons. The average Bonchev–Trinajstić information content (AvgIpc) is 2.52. The van der Waals surface area contributed by atoms with Crippen LogP contribution in [0.25, 0.3) is 0 Å². The van der Waals surface area contributed by atoms with E-state index < -0.39 is 0 Å². The van der Waals surface area contributed by atoms with Crippen molar-refractivity contribution >= 4 is 28.7 Å². The second-order valence-electron chi connectivity index (χ2n) is 3.47. The van der Waals surface area contributed by atoms with E-state index in [9.17, 15) is 4.79 Å². The van der Waals surface area contributed by atoms with Gasteiger partial charge in [0.15, 0.2) is 0 Å². The van der Waals surface area contributed by atoms with E-state index in [-0.39, 0.29) is 0 Å². The van der Waals surface area contributed by atoms with Crippen LogP contribution in [0.2, 0.25) is 4.34 Å². The third kappa shape index (κ3) is 2.12. The number of carbonyl (C=O) groups is 1. The van der Waals surface area contributed by atoms with E-state index in [1.54, 1.807) is 11.3 Å². The molecule has 0 saturated heterocycles. The lowest BCUT2D eigenvalue weighted by Gasteiger charge is -2.18. The third-order valence-corrected chi connectivity index (χ3v) is 3.87. The molecule has 1 aliphatic carbocycles. The summed E-state index contributed by atoms with van der Waals surface area (Å²) in [5.74, 6) is 0.847. The first-order valence-electron chi connectivity index (χ1n) is 4.52. The van der Waals surface area contributed by atoms with Gasteiger partial charge in [0, 0.05) is 23.6 Å². The van der Waals surface area contributed by atoms with Crippen LogP contribution in [0.15, 0.2) is 12.1 Å². The van der Waals surface area contributed by atoms with Gasteiger partial charge in [-0.2, -0.15) is 0 Å². The highest BCUT2D eigenvalue weighted by Gasteiger charge is 2.21. The van der Waals surface area contributed by atoms with E-state index in [0.717, 1.165) is 30.0 Å². The van der Waals surface area contributed by atoms with Crippen molar-refractivity contribution in [2.45, 2.75) is 31.6 Å². The van der Waals surface area contributed by atoms with Gasteiger partial charge in [-0.1, -0.05) is 11.6 Å². The van der Waals surface area contributed by atoms with Gasteiger partial charge in [0.25, 0.3) is 0 Å². The number of hydrogen-bond donors (Lipinski definition) is 0. The Balaban J connectivity index is 2.12. The van der Waals surface area contributed by atoms with E-state index in [1.165, 1.54) is 4.88 Å². The predicted molar refractivity (Wildman–Crippen MR) is 55.5 cm³/mol. The molecule has 1 aromatic rings. The molecule has 0 aromatic carbocycles. The maximum Gasteiger partial charge on any atom is 0.133 e. The molecular weight excluding hydrogens is 204 g/mol. The molecule has 1 fully saturated rings. The summed E-state index contributed by atoms with van der Waals surface area (Å²) in [5, 5.41) is 0. The minimum Gasteiger partial charge on any atom is -0.300 e. The molecule has 1 heterocycles. The molecule has 3 heteroatoms. The maximum absolute atomic E-state index is 11.2. The standard InChI is InChI=1S/C10H11ClOS/c11-10-5-4-9(13-10)7-2-1-3-8(12)6-7/h4-5,7H,1-3,6H2. The lowest BCUT2D eigenvalue weighted by molar-refractivity contribution is -0.120. The normalized spacial score (nSPS) is 23.5. The van der Waals surface area contributed by atoms with Gasteiger partial charge in [-0.25, -0.2) is 0 Å². The molecule has 0 spiro atoms. The summed E-state index contributed by atoms with van der Waals surface area (Å²) in [6.07, 6.45) is 3.67. The first kappa shape index (κ1) is 9.22. The Morgan fingerprint density at radius 1 is 1.46 bits per heavy atom. The summed E-state index contributed by atoms with van der Waals surface area (Å²) in [4.78, 5) is 12.5. The highest BCUT2D eigenvalue weighted by molar-refractivity contribution is 7.16. The molecule has 0 aliphatic heterocycles. The first-order chi connectivity index (χ1) is 6.25. The van der Waals surface area contributed by atoms with Crippen molar-refractivity contribution in [3.63, 3.8) is 0 Å². The number of carbonyl (C=O) groups excluding carboxylic acids is 1. The second-order valence-corrected chi connectivity index (χ2v) is 5.22. The number of rotatable bonds is 1. The van der Waals surface area contributed by atoms with Crippen LogP contribution in [0.4, 0.5) is 0 Å². The average molecular weight is 215 g/mol. The maximum atomic E-state index is 11.2. The van der Waals surface area contributed by atoms with Crippen LogP contribution in [0, 0.1) is 0 Å². The molecule has 0 bridgehead atoms. The zero-order valence-corrected chi connectivity index (χ0v) is 8.83. The Bertz CT molecular complexity index is 318. The Labute approximate surface area is 86.7 Å². The van der Waals surface area contributed by atoms with Crippen LogP contribution in [0.3, 0.4) is 0 Å². The molecule has 2 rings (SSSR count). The number of hydrogen-bond acceptors (Lipinski definition) is 2. The van der Waals surface area contributed by atoms with Crippen molar-refractivity contribution in [2.24, 2.45) is 0 Å². The van der Waals surface area contributed by atoms with Gasteiger partial charge in [-0.05, 0) is 25.0 Å². The van der Waals surface area contributed by atoms with Crippen LogP contribution in [-0.2, 0) is 4.79 Å². The zero-order valence-electron chi connectivity index (χ0n) is 7.25. The Morgan fingerprint density at radius 3 is 2.92 bits per heavy atom. The van der Waals surface area contributed by atoms with E-state index in [1.807, 2.05) is 6.07 Å². The summed E-state index contributed by atoms with van der Waals surface area (Å²) < 4.78 is 0.827. The van der Waals surface area contributed by atoms with E-state index in [4.69, 9.17) is 11.6 Å². The Hall–Kier alpha value is -0.340. The molecule has 1 saturated carbocycles. The quantitative estimate of drug-likeness (QED) is 0.698. The Kier molecular flexibility index (Phi) is 2.70. The second kappa shape index (κ2) is 3.81. The number of halogens is 1. The molecule has 0 amide bonds. The van der Waals surface area contributed by atoms with Crippen molar-refractivity contribution in [1.29, 1.82) is 0 Å². The molecule has 13 heavy (non-hydrogen) atoms. The fraction of sp³-hybridized carbons (Fsp3) is 0.500. The molecule has 1 unspecified atom stereocenters. The Morgan fingerprint density at radius 2 is 2.31 bits per heavy atom. The minimum atomic E-state index is 0.403. The topological polar surface area (TPSA) is 17.1 Å². The number of ketones is 1. The highest BCUT2D eigenvalue weighted by atomic mass is 35.5. The number of Topliss-reactive ketones (excluding diaryl/α,β-unsaturated/α-hetero) is 1. The van der Waals surface area contributed by atoms with Gasteiger partial charge in [-0.15, -0.1) is 11.3 Å². The molecule has 1 aromatic heterocycles. The van der Waals surface area contributed by atoms with Gasteiger partial charge in [0.2, 0.25) is 0 Å². The third-order valence-electron chi connectivity index (χ3n) is 2.48. The van der Waals surface area contributed by atoms with Gasteiger partial charge in [-0.3, -0.25) is 4.79 Å². The lowest BCUT2D eigenvalue weighted by Crippen LogP contribution is -2.12. The highest BCUT2D eigenvalue weighted by Crippen LogP contribution is 2.36. The monoisotopic (exact) mass is 214 g/mol. The van der Waals surface area contributed by atoms with Gasteiger partial charge < -0.3 is 0 Å². The summed E-state index contributed by atoms with van der Waals surface area (Å²) >= 11 is 7.46. The zero-order chi connectivity index (χ0) is 9.26. The molecular formula is C10H11ClOS. The molecule has 0 N–H and O–H groups in total. The van der Waals surface area contributed by atoms with Crippen LogP contribution in [0.5, 0.6) is 0 Å². The smallest absolute Gasteiger partial charge is 0.133 e. The summed E-state index contributed by atoms with van der Waals surface area (Å²) in [6, 6.07) is 3.97. The lowest BCUT2D eigenvalue weighted by atomic mass is 9.87. The molecule has 70 valence electrons. The van der Waals surface area contributed by atoms with Crippen molar-refractivity contribution in [2.75, 3.05) is 0 Å². The summed E-state index contributed by atoms with van der Waals surface area (Å²) in [7, 11) is 0. The predicted octanol–water partition coefficient (Wildman–Crippen LogP) is 3.63. The van der Waals surface area contributed by atoms with Crippen LogP contribution in [0.1, 0.15) is 36.5 Å². The van der Waals surface area contributed by atoms with Crippen LogP contribution in [-0.4, -0.2) is 5.78 Å². The van der Waals surface area contributed by atoms with Crippen molar-refractivity contribution in [3.05, 3.63) is 21.3 Å². The van der Waals surface area contributed by atoms with E-state index in [2.05, 4.69) is 6.07 Å². The first-order valence-corrected chi connectivity index (χ1v) is 5.72. The van der Waals surface area contributed by atoms with Gasteiger partial charge >= 0.3 is 0 Å². The minimum absolute atomic E-state index is 0.403. The van der Waals surface area contributed by atoms with Crippen molar-refractivity contribution in [3.8, 4) is 0 Å². The fourth-order valence-corrected chi connectivity index (χ4v) is 3.01. The molecule has 1 aliphatic rings. The van der Waals surface area contributed by atoms with Crippen molar-refractivity contribution < 1.29 is 4.79 Å². The van der Waals surface area contributed by atoms with Crippen LogP contribution < -0.4 is 0 Å². The van der Waals surface area contributed by atoms with E-state index >= 15 is 0 Å². The molecule has 1 nitrogen and oxygen atoms in total. The van der Waals surface area contributed by atoms with Gasteiger partial charge in [0.1, 0.15) is 5.78 Å². The number of thiophene rings is 1. The fourth-order valence-electron chi connectivity index (χ4n) is 1.82. The molecule has 1 atom stereocenters. The van der Waals surface area contributed by atoms with Gasteiger partial charge in [0.05, 0.1) is 4.34 Å². The SMILES string of the molecule is O=C1CCCC(c2ccc(Cl)s2)C1.